The van der Waals surface area contributed by atoms with Gasteiger partial charge in [-0.3, -0.25) is 0 Å². The van der Waals surface area contributed by atoms with Gasteiger partial charge in [-0.05, 0) is 20.8 Å². The molecule has 0 bridgehead atoms. The topological polar surface area (TPSA) is 63.6 Å². The van der Waals surface area contributed by atoms with Crippen LogP contribution < -0.4 is 0 Å². The highest BCUT2D eigenvalue weighted by molar-refractivity contribution is 5.79. The smallest absolute Gasteiger partial charge is 0.333 e. The van der Waals surface area contributed by atoms with Crippen LogP contribution in [0.2, 0.25) is 0 Å². The fourth-order valence-electron chi connectivity index (χ4n) is 0.936. The van der Waals surface area contributed by atoms with Gasteiger partial charge >= 0.3 is 5.97 Å². The molecule has 0 fully saturated rings. The van der Waals surface area contributed by atoms with E-state index in [-0.39, 0.29) is 0 Å². The van der Waals surface area contributed by atoms with Crippen LogP contribution in [0.25, 0.3) is 0 Å². The molecule has 1 unspecified atom stereocenters. The Morgan fingerprint density at radius 2 is 1.71 bits per heavy atom. The molecular formula is C10H18O4. The van der Waals surface area contributed by atoms with Crippen molar-refractivity contribution in [1.82, 2.24) is 0 Å². The Hall–Kier alpha value is -0.900. The summed E-state index contributed by atoms with van der Waals surface area (Å²) in [4.78, 5) is 21.6. The number of hydrogen-bond donors (Lipinski definition) is 1. The van der Waals surface area contributed by atoms with Crippen LogP contribution in [0.1, 0.15) is 34.6 Å². The molecule has 0 aliphatic rings. The highest BCUT2D eigenvalue weighted by Crippen LogP contribution is 2.25. The van der Waals surface area contributed by atoms with E-state index in [2.05, 4.69) is 0 Å². The van der Waals surface area contributed by atoms with Crippen LogP contribution in [0.5, 0.6) is 0 Å². The second-order valence-electron chi connectivity index (χ2n) is 4.89. The van der Waals surface area contributed by atoms with Crippen LogP contribution in [0, 0.1) is 5.41 Å². The van der Waals surface area contributed by atoms with Crippen LogP contribution in [-0.2, 0) is 14.3 Å². The van der Waals surface area contributed by atoms with Crippen molar-refractivity contribution >= 4 is 12.3 Å². The Bertz CT molecular complexity index is 225. The van der Waals surface area contributed by atoms with E-state index in [0.29, 0.717) is 6.29 Å². The zero-order chi connectivity index (χ0) is 11.6. The number of hydrogen-bond acceptors (Lipinski definition) is 3. The molecule has 82 valence electrons. The first-order valence-corrected chi connectivity index (χ1v) is 4.47. The predicted octanol–water partition coefficient (Wildman–Crippen LogP) is 1.48. The van der Waals surface area contributed by atoms with E-state index in [0.717, 1.165) is 0 Å². The highest BCUT2D eigenvalue weighted by atomic mass is 16.5. The van der Waals surface area contributed by atoms with Gasteiger partial charge in [0.1, 0.15) is 6.29 Å². The Balaban J connectivity index is 4.79. The third-order valence-corrected chi connectivity index (χ3v) is 1.68. The van der Waals surface area contributed by atoms with E-state index in [1.165, 1.54) is 0 Å². The first-order chi connectivity index (χ1) is 6.10. The molecule has 14 heavy (non-hydrogen) atoms. The lowest BCUT2D eigenvalue weighted by atomic mass is 9.88. The zero-order valence-corrected chi connectivity index (χ0v) is 9.33. The van der Waals surface area contributed by atoms with Crippen LogP contribution >= 0.6 is 0 Å². The number of aliphatic carboxylic acids is 1. The molecule has 0 heterocycles. The molecule has 0 aliphatic carbocycles. The average molecular weight is 202 g/mol. The molecule has 0 aromatic carbocycles. The summed E-state index contributed by atoms with van der Waals surface area (Å²) in [5, 5.41) is 8.92. The lowest BCUT2D eigenvalue weighted by molar-refractivity contribution is -0.173. The van der Waals surface area contributed by atoms with E-state index in [4.69, 9.17) is 9.84 Å². The fourth-order valence-corrected chi connectivity index (χ4v) is 0.936. The monoisotopic (exact) mass is 202 g/mol. The molecule has 4 heteroatoms. The van der Waals surface area contributed by atoms with Gasteiger partial charge in [0.25, 0.3) is 0 Å². The second-order valence-corrected chi connectivity index (χ2v) is 4.89. The van der Waals surface area contributed by atoms with Gasteiger partial charge in [-0.15, -0.1) is 0 Å². The van der Waals surface area contributed by atoms with Crippen molar-refractivity contribution in [3.8, 4) is 0 Å². The van der Waals surface area contributed by atoms with Crippen molar-refractivity contribution < 1.29 is 19.4 Å². The number of carboxylic acid groups (broad SMARTS) is 1. The summed E-state index contributed by atoms with van der Waals surface area (Å²) in [5.74, 6) is -1.11. The summed E-state index contributed by atoms with van der Waals surface area (Å²) in [7, 11) is 0. The third-order valence-electron chi connectivity index (χ3n) is 1.68. The van der Waals surface area contributed by atoms with Gasteiger partial charge in [-0.25, -0.2) is 4.79 Å². The van der Waals surface area contributed by atoms with Gasteiger partial charge in [-0.2, -0.15) is 0 Å². The molecule has 1 N–H and O–H groups in total. The highest BCUT2D eigenvalue weighted by Gasteiger charge is 2.38. The SMILES string of the molecule is CC(C)(C)OC(C(=O)O)C(C)(C)C=O. The summed E-state index contributed by atoms with van der Waals surface area (Å²) in [6, 6.07) is 0. The van der Waals surface area contributed by atoms with Gasteiger partial charge in [0.15, 0.2) is 6.10 Å². The molecule has 0 saturated heterocycles. The maximum Gasteiger partial charge on any atom is 0.333 e. The minimum atomic E-state index is -1.11. The molecule has 4 nitrogen and oxygen atoms in total. The van der Waals surface area contributed by atoms with Gasteiger partial charge < -0.3 is 14.6 Å². The molecule has 0 radical (unpaired) electrons. The molecule has 0 aromatic rings. The molecule has 0 aromatic heterocycles. The summed E-state index contributed by atoms with van der Waals surface area (Å²) in [6.45, 7) is 8.35. The molecule has 0 rings (SSSR count). The summed E-state index contributed by atoms with van der Waals surface area (Å²) in [5.41, 5.74) is -1.59. The van der Waals surface area contributed by atoms with E-state index in [1.54, 1.807) is 34.6 Å². The summed E-state index contributed by atoms with van der Waals surface area (Å²) in [6.07, 6.45) is -0.502. The maximum absolute atomic E-state index is 10.9. The number of carboxylic acids is 1. The minimum absolute atomic E-state index is 0.580. The predicted molar refractivity (Wildman–Crippen MR) is 52.1 cm³/mol. The maximum atomic E-state index is 10.9. The molecule has 0 aliphatic heterocycles. The van der Waals surface area contributed by atoms with Crippen molar-refractivity contribution in [2.45, 2.75) is 46.3 Å². The van der Waals surface area contributed by atoms with E-state index in [1.807, 2.05) is 0 Å². The van der Waals surface area contributed by atoms with Crippen molar-refractivity contribution in [2.75, 3.05) is 0 Å². The molecule has 1 atom stereocenters. The van der Waals surface area contributed by atoms with Crippen molar-refractivity contribution in [1.29, 1.82) is 0 Å². The Kier molecular flexibility index (Phi) is 3.82. The Morgan fingerprint density at radius 1 is 1.29 bits per heavy atom. The van der Waals surface area contributed by atoms with Crippen LogP contribution in [-0.4, -0.2) is 29.1 Å². The van der Waals surface area contributed by atoms with Crippen LogP contribution in [0.3, 0.4) is 0 Å². The number of carbonyl (C=O) groups excluding carboxylic acids is 1. The average Bonchev–Trinajstić information content (AvgIpc) is 1.98. The van der Waals surface area contributed by atoms with Gasteiger partial charge in [0.2, 0.25) is 0 Å². The largest absolute Gasteiger partial charge is 0.479 e. The Morgan fingerprint density at radius 3 is 1.93 bits per heavy atom. The van der Waals surface area contributed by atoms with E-state index < -0.39 is 23.1 Å². The normalized spacial score (nSPS) is 14.9. The van der Waals surface area contributed by atoms with E-state index >= 15 is 0 Å². The van der Waals surface area contributed by atoms with Crippen LogP contribution in [0.15, 0.2) is 0 Å². The first-order valence-electron chi connectivity index (χ1n) is 4.47. The summed E-state index contributed by atoms with van der Waals surface area (Å²) >= 11 is 0. The first kappa shape index (κ1) is 13.1. The lowest BCUT2D eigenvalue weighted by Gasteiger charge is -2.32. The number of ether oxygens (including phenoxy) is 1. The zero-order valence-electron chi connectivity index (χ0n) is 9.33. The number of rotatable bonds is 4. The van der Waals surface area contributed by atoms with Crippen LogP contribution in [0.4, 0.5) is 0 Å². The molecule has 0 amide bonds. The molecule has 0 saturated carbocycles. The molecular weight excluding hydrogens is 184 g/mol. The summed E-state index contributed by atoms with van der Waals surface area (Å²) < 4.78 is 5.32. The van der Waals surface area contributed by atoms with Crippen molar-refractivity contribution in [3.63, 3.8) is 0 Å². The minimum Gasteiger partial charge on any atom is -0.479 e. The second kappa shape index (κ2) is 4.09. The third kappa shape index (κ3) is 3.87. The quantitative estimate of drug-likeness (QED) is 0.701. The number of carbonyl (C=O) groups is 2. The van der Waals surface area contributed by atoms with Gasteiger partial charge in [0.05, 0.1) is 11.0 Å². The van der Waals surface area contributed by atoms with Gasteiger partial charge in [-0.1, -0.05) is 13.8 Å². The Labute approximate surface area is 84.3 Å². The fraction of sp³-hybridized carbons (Fsp3) is 0.800. The number of aldehydes is 1. The van der Waals surface area contributed by atoms with Crippen molar-refractivity contribution in [2.24, 2.45) is 5.41 Å². The lowest BCUT2D eigenvalue weighted by Crippen LogP contribution is -2.44. The molecule has 0 spiro atoms. The standard InChI is InChI=1S/C10H18O4/c1-9(2,3)14-7(8(12)13)10(4,5)6-11/h6-7H,1-5H3,(H,12,13). The van der Waals surface area contributed by atoms with E-state index in [9.17, 15) is 9.59 Å². The van der Waals surface area contributed by atoms with Gasteiger partial charge in [0, 0.05) is 0 Å². The van der Waals surface area contributed by atoms with Crippen molar-refractivity contribution in [3.05, 3.63) is 0 Å².